The fourth-order valence-electron chi connectivity index (χ4n) is 4.64. The Bertz CT molecular complexity index is 1320. The molecule has 1 aromatic carbocycles. The van der Waals surface area contributed by atoms with Gasteiger partial charge in [-0.15, -0.1) is 12.8 Å². The first kappa shape index (κ1) is 37.5. The maximum Gasteiger partial charge on any atom is 0.191 e. The number of allylic oxidation sites excluding steroid dienone is 5. The molecule has 0 spiro atoms. The van der Waals surface area contributed by atoms with Crippen LogP contribution in [0.4, 0.5) is 0 Å². The number of aliphatic hydroxyl groups is 5. The molecule has 0 radical (unpaired) electrons. The fraction of sp³-hybridized carbons (Fsp3) is 0.471. The van der Waals surface area contributed by atoms with E-state index in [-0.39, 0.29) is 25.1 Å². The van der Waals surface area contributed by atoms with E-state index in [4.69, 9.17) is 0 Å². The van der Waals surface area contributed by atoms with Crippen molar-refractivity contribution in [1.82, 2.24) is 20.1 Å². The van der Waals surface area contributed by atoms with Gasteiger partial charge in [-0.05, 0) is 51.3 Å². The Labute approximate surface area is 257 Å². The topological polar surface area (TPSA) is 146 Å². The van der Waals surface area contributed by atoms with Crippen molar-refractivity contribution in [2.24, 2.45) is 10.8 Å². The van der Waals surface area contributed by atoms with E-state index in [1.54, 1.807) is 4.90 Å². The molecule has 236 valence electrons. The molecule has 3 rings (SSSR count). The Morgan fingerprint density at radius 1 is 0.953 bits per heavy atom. The summed E-state index contributed by atoms with van der Waals surface area (Å²) in [7, 11) is 0. The van der Waals surface area contributed by atoms with E-state index in [9.17, 15) is 25.5 Å². The van der Waals surface area contributed by atoms with Crippen LogP contribution in [0, 0.1) is 23.7 Å². The van der Waals surface area contributed by atoms with Crippen LogP contribution in [0.25, 0.3) is 17.0 Å². The molecule has 0 atom stereocenters. The number of H-pyrrole nitrogens is 1. The van der Waals surface area contributed by atoms with Crippen molar-refractivity contribution in [2.75, 3.05) is 19.7 Å². The summed E-state index contributed by atoms with van der Waals surface area (Å²) in [6.07, 6.45) is 17.7. The van der Waals surface area contributed by atoms with Gasteiger partial charge in [0.1, 0.15) is 6.33 Å². The van der Waals surface area contributed by atoms with Crippen molar-refractivity contribution in [3.63, 3.8) is 0 Å². The molecule has 6 N–H and O–H groups in total. The molecule has 9 heteroatoms. The number of nitrogens with zero attached hydrogens (tertiary/aromatic N) is 3. The summed E-state index contributed by atoms with van der Waals surface area (Å²) in [5.74, 6) is -4.21. The van der Waals surface area contributed by atoms with Gasteiger partial charge in [0.25, 0.3) is 0 Å². The third-order valence-corrected chi connectivity index (χ3v) is 7.55. The quantitative estimate of drug-likeness (QED) is 0.172. The molecule has 43 heavy (non-hydrogen) atoms. The first-order chi connectivity index (χ1) is 20.0. The molecule has 0 aliphatic heterocycles. The summed E-state index contributed by atoms with van der Waals surface area (Å²) in [5.41, 5.74) is 3.03. The highest BCUT2D eigenvalue weighted by Crippen LogP contribution is 2.40. The summed E-state index contributed by atoms with van der Waals surface area (Å²) in [6.45, 7) is 15.3. The van der Waals surface area contributed by atoms with Crippen LogP contribution in [0.15, 0.2) is 71.7 Å². The molecule has 0 saturated heterocycles. The Hall–Kier alpha value is -3.52. The molecule has 1 aromatic heterocycles. The molecule has 0 bridgehead atoms. The minimum absolute atomic E-state index is 0.248. The molecular weight excluding hydrogens is 544 g/mol. The maximum atomic E-state index is 11.1. The smallest absolute Gasteiger partial charge is 0.191 e. The van der Waals surface area contributed by atoms with Gasteiger partial charge in [-0.2, -0.15) is 5.10 Å². The lowest BCUT2D eigenvalue weighted by Gasteiger charge is -2.47. The fourth-order valence-corrected chi connectivity index (χ4v) is 4.64. The van der Waals surface area contributed by atoms with Crippen molar-refractivity contribution in [1.29, 1.82) is 0 Å². The van der Waals surface area contributed by atoms with Crippen LogP contribution >= 0.6 is 0 Å². The molecule has 1 aliphatic rings. The number of aromatic nitrogens is 3. The van der Waals surface area contributed by atoms with Gasteiger partial charge < -0.3 is 30.4 Å². The van der Waals surface area contributed by atoms with E-state index in [1.807, 2.05) is 64.1 Å². The van der Waals surface area contributed by atoms with Gasteiger partial charge >= 0.3 is 0 Å². The first-order valence-electron chi connectivity index (χ1n) is 14.3. The average Bonchev–Trinajstić information content (AvgIpc) is 3.42. The number of hydrogen-bond acceptors (Lipinski definition) is 8. The molecule has 0 fully saturated rings. The summed E-state index contributed by atoms with van der Waals surface area (Å²) >= 11 is 0. The second-order valence-corrected chi connectivity index (χ2v) is 11.8. The van der Waals surface area contributed by atoms with Crippen LogP contribution in [0.3, 0.4) is 0 Å². The standard InChI is InChI=1S/C30H42N4O5.C2H6.C2H2/c1-20(2)25(17-35)34(18-30(38,39)28(5,6)29(7,36)37)16-21-12-13-22(15-27(3,4)14-21)23-10-8-9-11-24(23)26-31-19-32-33-26;2*1-2/h8-15,19,35-39H,16-18H2,1-7H3,(H,31,32,33);1-2H3;1-2H. The highest BCUT2D eigenvalue weighted by atomic mass is 16.5. The maximum absolute atomic E-state index is 11.1. The van der Waals surface area contributed by atoms with Gasteiger partial charge in [-0.1, -0.05) is 81.8 Å². The lowest BCUT2D eigenvalue weighted by Crippen LogP contribution is -2.62. The van der Waals surface area contributed by atoms with Crippen LogP contribution in [0.1, 0.15) is 67.9 Å². The number of aromatic amines is 1. The molecule has 1 aliphatic carbocycles. The molecule has 0 unspecified atom stereocenters. The van der Waals surface area contributed by atoms with Crippen LogP contribution in [0.2, 0.25) is 0 Å². The summed E-state index contributed by atoms with van der Waals surface area (Å²) in [4.78, 5) is 6.01. The third-order valence-electron chi connectivity index (χ3n) is 7.55. The Balaban J connectivity index is 0.00000221. The van der Waals surface area contributed by atoms with Crippen LogP contribution in [-0.4, -0.2) is 76.9 Å². The normalized spacial score (nSPS) is 14.6. The Morgan fingerprint density at radius 3 is 2.02 bits per heavy atom. The molecule has 2 aromatic rings. The number of terminal acetylenes is 1. The van der Waals surface area contributed by atoms with E-state index in [0.717, 1.165) is 34.8 Å². The zero-order valence-electron chi connectivity index (χ0n) is 27.0. The molecule has 0 amide bonds. The summed E-state index contributed by atoms with van der Waals surface area (Å²) < 4.78 is 0. The minimum atomic E-state index is -2.51. The minimum Gasteiger partial charge on any atom is -0.390 e. The number of rotatable bonds is 10. The van der Waals surface area contributed by atoms with Gasteiger partial charge in [-0.25, -0.2) is 4.98 Å². The number of nitrogens with one attached hydrogen (secondary N) is 1. The van der Waals surface area contributed by atoms with Crippen molar-refractivity contribution in [3.05, 3.63) is 77.3 Å². The monoisotopic (exact) mass is 594 g/mol. The van der Waals surface area contributed by atoms with Gasteiger partial charge in [-0.3, -0.25) is 5.10 Å². The number of hydrogen-bond donors (Lipinski definition) is 6. The lowest BCUT2D eigenvalue weighted by molar-refractivity contribution is -0.337. The second kappa shape index (κ2) is 15.3. The highest BCUT2D eigenvalue weighted by molar-refractivity contribution is 5.84. The zero-order valence-corrected chi connectivity index (χ0v) is 27.0. The lowest BCUT2D eigenvalue weighted by atomic mass is 9.75. The van der Waals surface area contributed by atoms with Crippen molar-refractivity contribution >= 4 is 5.57 Å². The number of aliphatic hydroxyl groups excluding tert-OH is 1. The number of benzene rings is 1. The molecular formula is C34H50N4O5. The third kappa shape index (κ3) is 9.23. The van der Waals surface area contributed by atoms with Crippen LogP contribution < -0.4 is 0 Å². The van der Waals surface area contributed by atoms with Crippen molar-refractivity contribution in [3.8, 4) is 24.2 Å². The van der Waals surface area contributed by atoms with E-state index in [2.05, 4.69) is 54.0 Å². The van der Waals surface area contributed by atoms with Crippen molar-refractivity contribution in [2.45, 2.75) is 73.9 Å². The van der Waals surface area contributed by atoms with E-state index in [1.165, 1.54) is 20.2 Å². The van der Waals surface area contributed by atoms with Gasteiger partial charge in [0.15, 0.2) is 17.4 Å². The first-order valence-corrected chi connectivity index (χ1v) is 14.3. The molecule has 0 saturated carbocycles. The van der Waals surface area contributed by atoms with E-state index in [0.29, 0.717) is 11.5 Å². The van der Waals surface area contributed by atoms with Crippen LogP contribution in [0.5, 0.6) is 0 Å². The second-order valence-electron chi connectivity index (χ2n) is 11.8. The average molecular weight is 595 g/mol. The SMILES string of the molecule is C#C.CC.CC(C)=C(CO)N(CC1=CC(C)(C)C=C(c2ccccc2-c2ncn[nH]2)C=C1)CC(O)(O)C(C)(C)C(C)(O)O. The van der Waals surface area contributed by atoms with Gasteiger partial charge in [0.05, 0.1) is 18.6 Å². The van der Waals surface area contributed by atoms with E-state index >= 15 is 0 Å². The van der Waals surface area contributed by atoms with Gasteiger partial charge in [0, 0.05) is 23.2 Å². The zero-order chi connectivity index (χ0) is 33.2. The van der Waals surface area contributed by atoms with Crippen LogP contribution in [-0.2, 0) is 0 Å². The predicted octanol–water partition coefficient (Wildman–Crippen LogP) is 4.65. The van der Waals surface area contributed by atoms with Crippen molar-refractivity contribution < 1.29 is 25.5 Å². The molecule has 9 nitrogen and oxygen atoms in total. The Morgan fingerprint density at radius 2 is 1.53 bits per heavy atom. The highest BCUT2D eigenvalue weighted by Gasteiger charge is 2.54. The predicted molar refractivity (Wildman–Crippen MR) is 173 cm³/mol. The summed E-state index contributed by atoms with van der Waals surface area (Å²) in [5, 5.41) is 59.9. The molecule has 1 heterocycles. The van der Waals surface area contributed by atoms with Gasteiger partial charge in [0.2, 0.25) is 0 Å². The Kier molecular flexibility index (Phi) is 13.3. The van der Waals surface area contributed by atoms with E-state index < -0.39 is 17.0 Å². The summed E-state index contributed by atoms with van der Waals surface area (Å²) in [6, 6.07) is 7.94. The largest absolute Gasteiger partial charge is 0.390 e.